The molecule has 0 spiro atoms. The summed E-state index contributed by atoms with van der Waals surface area (Å²) in [6, 6.07) is 21.6. The van der Waals surface area contributed by atoms with E-state index in [1.54, 1.807) is 0 Å². The number of piperazine rings is 1. The van der Waals surface area contributed by atoms with Crippen LogP contribution in [0.15, 0.2) is 60.7 Å². The lowest BCUT2D eigenvalue weighted by Crippen LogP contribution is -2.44. The third-order valence-electron chi connectivity index (χ3n) is 4.66. The first kappa shape index (κ1) is 17.2. The van der Waals surface area contributed by atoms with Gasteiger partial charge >= 0.3 is 0 Å². The third-order valence-corrected chi connectivity index (χ3v) is 4.66. The van der Waals surface area contributed by atoms with Crippen molar-refractivity contribution in [2.75, 3.05) is 39.3 Å². The predicted octanol–water partition coefficient (Wildman–Crippen LogP) is 2.98. The second kappa shape index (κ2) is 9.58. The third kappa shape index (κ3) is 5.75. The second-order valence-corrected chi connectivity index (χ2v) is 6.63. The van der Waals surface area contributed by atoms with Gasteiger partial charge in [0.25, 0.3) is 0 Å². The Kier molecular flexibility index (Phi) is 6.84. The highest BCUT2D eigenvalue weighted by Crippen LogP contribution is 2.11. The number of nitrogens with one attached hydrogen (secondary N) is 1. The first-order chi connectivity index (χ1) is 11.9. The normalized spacial score (nSPS) is 15.7. The fourth-order valence-electron chi connectivity index (χ4n) is 3.35. The molecule has 1 saturated heterocycles. The summed E-state index contributed by atoms with van der Waals surface area (Å²) in [7, 11) is 0. The van der Waals surface area contributed by atoms with Crippen molar-refractivity contribution >= 4 is 0 Å². The van der Waals surface area contributed by atoms with Crippen molar-refractivity contribution in [3.05, 3.63) is 71.8 Å². The number of benzene rings is 2. The molecule has 0 saturated carbocycles. The summed E-state index contributed by atoms with van der Waals surface area (Å²) in [4.78, 5) is 5.16. The molecule has 2 aromatic rings. The molecule has 128 valence electrons. The van der Waals surface area contributed by atoms with Crippen molar-refractivity contribution in [3.8, 4) is 0 Å². The van der Waals surface area contributed by atoms with E-state index in [2.05, 4.69) is 75.8 Å². The molecule has 0 aromatic heterocycles. The lowest BCUT2D eigenvalue weighted by atomic mass is 10.1. The van der Waals surface area contributed by atoms with Crippen molar-refractivity contribution in [1.82, 2.24) is 15.1 Å². The molecular weight excluding hydrogens is 294 g/mol. The van der Waals surface area contributed by atoms with Crippen LogP contribution in [0.5, 0.6) is 0 Å². The first-order valence-electron chi connectivity index (χ1n) is 9.13. The molecule has 3 nitrogen and oxygen atoms in total. The molecule has 1 fully saturated rings. The Morgan fingerprint density at radius 3 is 1.88 bits per heavy atom. The van der Waals surface area contributed by atoms with E-state index < -0.39 is 0 Å². The maximum atomic E-state index is 3.43. The van der Waals surface area contributed by atoms with E-state index in [1.165, 1.54) is 37.2 Å². The van der Waals surface area contributed by atoms with Gasteiger partial charge in [0.15, 0.2) is 0 Å². The van der Waals surface area contributed by atoms with E-state index in [0.29, 0.717) is 0 Å². The van der Waals surface area contributed by atoms with Gasteiger partial charge in [-0.15, -0.1) is 0 Å². The van der Waals surface area contributed by atoms with Crippen molar-refractivity contribution in [2.24, 2.45) is 0 Å². The maximum absolute atomic E-state index is 3.43. The lowest BCUT2D eigenvalue weighted by molar-refractivity contribution is 0.203. The van der Waals surface area contributed by atoms with Gasteiger partial charge in [-0.05, 0) is 24.1 Å². The van der Waals surface area contributed by atoms with Crippen LogP contribution in [-0.4, -0.2) is 49.1 Å². The molecule has 1 N–H and O–H groups in total. The van der Waals surface area contributed by atoms with Gasteiger partial charge in [-0.2, -0.15) is 0 Å². The van der Waals surface area contributed by atoms with Gasteiger partial charge < -0.3 is 10.2 Å². The van der Waals surface area contributed by atoms with Gasteiger partial charge in [0.05, 0.1) is 0 Å². The zero-order valence-corrected chi connectivity index (χ0v) is 14.5. The Morgan fingerprint density at radius 1 is 0.792 bits per heavy atom. The number of hydrogen-bond donors (Lipinski definition) is 1. The van der Waals surface area contributed by atoms with Crippen molar-refractivity contribution < 1.29 is 0 Å². The van der Waals surface area contributed by atoms with Crippen LogP contribution in [-0.2, 0) is 13.1 Å². The topological polar surface area (TPSA) is 18.5 Å². The number of rotatable bonds is 8. The maximum Gasteiger partial charge on any atom is 0.0237 e. The van der Waals surface area contributed by atoms with Crippen LogP contribution in [0.2, 0.25) is 0 Å². The molecule has 0 amide bonds. The number of hydrogen-bond acceptors (Lipinski definition) is 3. The summed E-state index contributed by atoms with van der Waals surface area (Å²) in [6.45, 7) is 9.06. The van der Waals surface area contributed by atoms with E-state index in [9.17, 15) is 0 Å². The van der Waals surface area contributed by atoms with E-state index in [4.69, 9.17) is 0 Å². The van der Waals surface area contributed by atoms with Crippen molar-refractivity contribution in [2.45, 2.75) is 19.5 Å². The molecular formula is C21H29N3. The summed E-state index contributed by atoms with van der Waals surface area (Å²) in [6.07, 6.45) is 1.24. The van der Waals surface area contributed by atoms with Crippen molar-refractivity contribution in [3.63, 3.8) is 0 Å². The quantitative estimate of drug-likeness (QED) is 0.806. The molecule has 0 aliphatic carbocycles. The molecule has 3 heteroatoms. The van der Waals surface area contributed by atoms with Gasteiger partial charge in [-0.3, -0.25) is 4.90 Å². The minimum absolute atomic E-state index is 1.03. The van der Waals surface area contributed by atoms with Crippen LogP contribution >= 0.6 is 0 Å². The summed E-state index contributed by atoms with van der Waals surface area (Å²) < 4.78 is 0. The van der Waals surface area contributed by atoms with E-state index in [-0.39, 0.29) is 0 Å². The van der Waals surface area contributed by atoms with Crippen LogP contribution in [0, 0.1) is 0 Å². The SMILES string of the molecule is c1ccc(CN(CCCN2CCNCC2)Cc2ccccc2)cc1. The van der Waals surface area contributed by atoms with E-state index in [0.717, 1.165) is 32.7 Å². The van der Waals surface area contributed by atoms with E-state index in [1.807, 2.05) is 0 Å². The molecule has 24 heavy (non-hydrogen) atoms. The summed E-state index contributed by atoms with van der Waals surface area (Å²) in [5, 5.41) is 3.43. The highest BCUT2D eigenvalue weighted by Gasteiger charge is 2.11. The fraction of sp³-hybridized carbons (Fsp3) is 0.429. The van der Waals surface area contributed by atoms with Gasteiger partial charge in [0, 0.05) is 45.8 Å². The molecule has 1 aliphatic rings. The van der Waals surface area contributed by atoms with Gasteiger partial charge in [0.1, 0.15) is 0 Å². The average Bonchev–Trinajstić information content (AvgIpc) is 2.64. The molecule has 3 rings (SSSR count). The largest absolute Gasteiger partial charge is 0.314 e. The summed E-state index contributed by atoms with van der Waals surface area (Å²) in [5.41, 5.74) is 2.80. The van der Waals surface area contributed by atoms with Crippen LogP contribution in [0.1, 0.15) is 17.5 Å². The number of nitrogens with zero attached hydrogens (tertiary/aromatic N) is 2. The fourth-order valence-corrected chi connectivity index (χ4v) is 3.35. The van der Waals surface area contributed by atoms with Crippen LogP contribution < -0.4 is 5.32 Å². The minimum Gasteiger partial charge on any atom is -0.314 e. The Balaban J connectivity index is 1.54. The lowest BCUT2D eigenvalue weighted by Gasteiger charge is -2.29. The second-order valence-electron chi connectivity index (χ2n) is 6.63. The monoisotopic (exact) mass is 323 g/mol. The Labute approximate surface area is 146 Å². The average molecular weight is 323 g/mol. The standard InChI is InChI=1S/C21H29N3/c1-3-8-20(9-4-1)18-24(19-21-10-5-2-6-11-21)15-7-14-23-16-12-22-13-17-23/h1-6,8-11,22H,7,12-19H2. The molecule has 0 radical (unpaired) electrons. The van der Waals surface area contributed by atoms with E-state index >= 15 is 0 Å². The highest BCUT2D eigenvalue weighted by molar-refractivity contribution is 5.17. The highest BCUT2D eigenvalue weighted by atomic mass is 15.2. The molecule has 1 heterocycles. The zero-order valence-electron chi connectivity index (χ0n) is 14.5. The first-order valence-corrected chi connectivity index (χ1v) is 9.13. The molecule has 0 atom stereocenters. The molecule has 2 aromatic carbocycles. The van der Waals surface area contributed by atoms with Crippen LogP contribution in [0.25, 0.3) is 0 Å². The van der Waals surface area contributed by atoms with Crippen LogP contribution in [0.3, 0.4) is 0 Å². The summed E-state index contributed by atoms with van der Waals surface area (Å²) in [5.74, 6) is 0. The summed E-state index contributed by atoms with van der Waals surface area (Å²) >= 11 is 0. The van der Waals surface area contributed by atoms with Gasteiger partial charge in [0.2, 0.25) is 0 Å². The van der Waals surface area contributed by atoms with Crippen molar-refractivity contribution in [1.29, 1.82) is 0 Å². The minimum atomic E-state index is 1.03. The smallest absolute Gasteiger partial charge is 0.0237 e. The van der Waals surface area contributed by atoms with Gasteiger partial charge in [-0.1, -0.05) is 60.7 Å². The van der Waals surface area contributed by atoms with Crippen LogP contribution in [0.4, 0.5) is 0 Å². The molecule has 0 bridgehead atoms. The molecule has 0 unspecified atom stereocenters. The Hall–Kier alpha value is -1.68. The Bertz CT molecular complexity index is 523. The predicted molar refractivity (Wildman–Crippen MR) is 101 cm³/mol. The zero-order chi connectivity index (χ0) is 16.5. The molecule has 1 aliphatic heterocycles. The van der Waals surface area contributed by atoms with Gasteiger partial charge in [-0.25, -0.2) is 0 Å². The Morgan fingerprint density at radius 2 is 1.33 bits per heavy atom.